The molecular weight excluding hydrogens is 276 g/mol. The minimum absolute atomic E-state index is 0.0372. The number of aromatic nitrogens is 1. The minimum atomic E-state index is -2.43. The summed E-state index contributed by atoms with van der Waals surface area (Å²) in [4.78, 5) is 4.14. The third-order valence-electron chi connectivity index (χ3n) is 3.18. The van der Waals surface area contributed by atoms with Gasteiger partial charge in [-0.1, -0.05) is 6.07 Å². The van der Waals surface area contributed by atoms with Crippen LogP contribution in [0.3, 0.4) is 0 Å². The van der Waals surface area contributed by atoms with Crippen molar-refractivity contribution in [2.24, 2.45) is 5.92 Å². The molecule has 0 amide bonds. The Morgan fingerprint density at radius 3 is 2.69 bits per heavy atom. The Morgan fingerprint density at radius 1 is 1.38 bits per heavy atom. The van der Waals surface area contributed by atoms with Gasteiger partial charge in [-0.25, -0.2) is 13.8 Å². The third-order valence-corrected chi connectivity index (χ3v) is 3.90. The van der Waals surface area contributed by atoms with E-state index in [4.69, 9.17) is 0 Å². The van der Waals surface area contributed by atoms with Gasteiger partial charge in [0, 0.05) is 19.0 Å². The van der Waals surface area contributed by atoms with Gasteiger partial charge in [0.05, 0.1) is 0 Å². The smallest absolute Gasteiger partial charge is 0.248 e. The van der Waals surface area contributed by atoms with Gasteiger partial charge in [-0.15, -0.1) is 0 Å². The Labute approximate surface area is 102 Å². The lowest BCUT2D eigenvalue weighted by atomic mass is 9.83. The molecule has 0 radical (unpaired) electrons. The van der Waals surface area contributed by atoms with Gasteiger partial charge in [-0.05, 0) is 52.7 Å². The molecule has 1 fully saturated rings. The average molecular weight is 290 g/mol. The summed E-state index contributed by atoms with van der Waals surface area (Å²) in [7, 11) is 0. The molecule has 1 nitrogen and oxygen atoms in total. The molecule has 88 valence electrons. The molecule has 0 unspecified atom stereocenters. The summed E-state index contributed by atoms with van der Waals surface area (Å²) in [5.74, 6) is -2.05. The Morgan fingerprint density at radius 2 is 2.06 bits per heavy atom. The summed E-state index contributed by atoms with van der Waals surface area (Å²) >= 11 is 3.39. The van der Waals surface area contributed by atoms with Crippen molar-refractivity contribution in [3.8, 4) is 0 Å². The van der Waals surface area contributed by atoms with Crippen LogP contribution in [0.1, 0.15) is 31.2 Å². The average Bonchev–Trinajstić information content (AvgIpc) is 2.24. The fourth-order valence-electron chi connectivity index (χ4n) is 2.19. The molecule has 0 N–H and O–H groups in total. The van der Waals surface area contributed by atoms with E-state index in [0.717, 1.165) is 16.6 Å². The first-order valence-electron chi connectivity index (χ1n) is 5.54. The Hall–Kier alpha value is -0.510. The first-order valence-corrected chi connectivity index (χ1v) is 6.33. The van der Waals surface area contributed by atoms with Crippen LogP contribution >= 0.6 is 15.9 Å². The van der Waals surface area contributed by atoms with Gasteiger partial charge in [-0.3, -0.25) is 0 Å². The van der Waals surface area contributed by atoms with Crippen LogP contribution in [0.2, 0.25) is 0 Å². The number of hydrogen-bond donors (Lipinski definition) is 0. The summed E-state index contributed by atoms with van der Waals surface area (Å²) in [5.41, 5.74) is 1.12. The van der Waals surface area contributed by atoms with Crippen LogP contribution in [0.15, 0.2) is 22.9 Å². The second kappa shape index (κ2) is 4.78. The van der Waals surface area contributed by atoms with Crippen LogP contribution in [0.25, 0.3) is 0 Å². The number of halogens is 3. The fourth-order valence-corrected chi connectivity index (χ4v) is 2.60. The number of pyridine rings is 1. The second-order valence-electron chi connectivity index (χ2n) is 4.46. The zero-order valence-electron chi connectivity index (χ0n) is 8.93. The van der Waals surface area contributed by atoms with Gasteiger partial charge >= 0.3 is 0 Å². The molecule has 1 saturated carbocycles. The summed E-state index contributed by atoms with van der Waals surface area (Å²) in [6.07, 6.45) is 3.89. The molecule has 0 aromatic carbocycles. The van der Waals surface area contributed by atoms with E-state index < -0.39 is 5.92 Å². The van der Waals surface area contributed by atoms with E-state index >= 15 is 0 Å². The highest BCUT2D eigenvalue weighted by molar-refractivity contribution is 9.10. The van der Waals surface area contributed by atoms with Crippen molar-refractivity contribution in [3.05, 3.63) is 28.5 Å². The fraction of sp³-hybridized carbons (Fsp3) is 0.583. The highest BCUT2D eigenvalue weighted by atomic mass is 79.9. The molecule has 1 aliphatic carbocycles. The maximum absolute atomic E-state index is 13.0. The number of rotatable bonds is 2. The Bertz CT molecular complexity index is 358. The predicted octanol–water partition coefficient (Wildman–Crippen LogP) is 4.21. The first-order chi connectivity index (χ1) is 7.57. The van der Waals surface area contributed by atoms with E-state index in [1.165, 1.54) is 0 Å². The van der Waals surface area contributed by atoms with E-state index in [1.807, 2.05) is 12.1 Å². The molecule has 4 heteroatoms. The summed E-state index contributed by atoms with van der Waals surface area (Å²) < 4.78 is 26.8. The lowest BCUT2D eigenvalue weighted by Gasteiger charge is -2.28. The van der Waals surface area contributed by atoms with E-state index in [-0.39, 0.29) is 12.8 Å². The molecule has 16 heavy (non-hydrogen) atoms. The Kier molecular flexibility index (Phi) is 3.57. The second-order valence-corrected chi connectivity index (χ2v) is 5.21. The SMILES string of the molecule is FC1(F)CCC(Cc2cccnc2Br)CC1. The number of alkyl halides is 2. The lowest BCUT2D eigenvalue weighted by Crippen LogP contribution is -2.25. The highest BCUT2D eigenvalue weighted by Crippen LogP contribution is 2.37. The standard InChI is InChI=1S/C12H14BrF2N/c13-11-10(2-1-7-16-11)8-9-3-5-12(14,15)6-4-9/h1-2,7,9H,3-6,8H2. The predicted molar refractivity (Wildman–Crippen MR) is 62.5 cm³/mol. The molecule has 1 heterocycles. The maximum Gasteiger partial charge on any atom is 0.248 e. The summed E-state index contributed by atoms with van der Waals surface area (Å²) in [6.45, 7) is 0. The first kappa shape index (κ1) is 12.0. The van der Waals surface area contributed by atoms with Crippen molar-refractivity contribution in [2.45, 2.75) is 38.0 Å². The molecule has 0 aliphatic heterocycles. The zero-order chi connectivity index (χ0) is 11.6. The van der Waals surface area contributed by atoms with Gasteiger partial charge in [0.1, 0.15) is 4.60 Å². The van der Waals surface area contributed by atoms with Crippen LogP contribution in [0.4, 0.5) is 8.78 Å². The van der Waals surface area contributed by atoms with Crippen LogP contribution in [-0.4, -0.2) is 10.9 Å². The van der Waals surface area contributed by atoms with E-state index in [0.29, 0.717) is 18.8 Å². The van der Waals surface area contributed by atoms with Crippen molar-refractivity contribution in [1.82, 2.24) is 4.98 Å². The van der Waals surface area contributed by atoms with Crippen molar-refractivity contribution < 1.29 is 8.78 Å². The van der Waals surface area contributed by atoms with Crippen LogP contribution in [0.5, 0.6) is 0 Å². The van der Waals surface area contributed by atoms with Gasteiger partial charge in [0.25, 0.3) is 0 Å². The quantitative estimate of drug-likeness (QED) is 0.743. The zero-order valence-corrected chi connectivity index (χ0v) is 10.5. The maximum atomic E-state index is 13.0. The van der Waals surface area contributed by atoms with Crippen molar-refractivity contribution in [2.75, 3.05) is 0 Å². The highest BCUT2D eigenvalue weighted by Gasteiger charge is 2.34. The van der Waals surface area contributed by atoms with Crippen molar-refractivity contribution in [1.29, 1.82) is 0 Å². The number of nitrogens with zero attached hydrogens (tertiary/aromatic N) is 1. The molecular formula is C12H14BrF2N. The Balaban J connectivity index is 1.95. The van der Waals surface area contributed by atoms with Crippen LogP contribution in [0, 0.1) is 5.92 Å². The molecule has 2 rings (SSSR count). The largest absolute Gasteiger partial charge is 0.249 e. The van der Waals surface area contributed by atoms with E-state index in [2.05, 4.69) is 20.9 Å². The molecule has 1 aromatic rings. The molecule has 0 saturated heterocycles. The van der Waals surface area contributed by atoms with E-state index in [1.54, 1.807) is 6.20 Å². The van der Waals surface area contributed by atoms with Crippen LogP contribution in [-0.2, 0) is 6.42 Å². The lowest BCUT2D eigenvalue weighted by molar-refractivity contribution is -0.0456. The molecule has 0 spiro atoms. The van der Waals surface area contributed by atoms with Gasteiger partial charge in [0.15, 0.2) is 0 Å². The van der Waals surface area contributed by atoms with E-state index in [9.17, 15) is 8.78 Å². The van der Waals surface area contributed by atoms with Gasteiger partial charge in [0.2, 0.25) is 5.92 Å². The summed E-state index contributed by atoms with van der Waals surface area (Å²) in [6, 6.07) is 3.89. The number of hydrogen-bond acceptors (Lipinski definition) is 1. The van der Waals surface area contributed by atoms with Crippen molar-refractivity contribution >= 4 is 15.9 Å². The minimum Gasteiger partial charge on any atom is -0.249 e. The molecule has 1 aromatic heterocycles. The van der Waals surface area contributed by atoms with Gasteiger partial charge < -0.3 is 0 Å². The normalized spacial score (nSPS) is 20.9. The monoisotopic (exact) mass is 289 g/mol. The van der Waals surface area contributed by atoms with Crippen LogP contribution < -0.4 is 0 Å². The molecule has 0 bridgehead atoms. The third kappa shape index (κ3) is 3.00. The summed E-state index contributed by atoms with van der Waals surface area (Å²) in [5, 5.41) is 0. The molecule has 0 atom stereocenters. The van der Waals surface area contributed by atoms with Gasteiger partial charge in [-0.2, -0.15) is 0 Å². The topological polar surface area (TPSA) is 12.9 Å². The molecule has 1 aliphatic rings. The van der Waals surface area contributed by atoms with Crippen molar-refractivity contribution in [3.63, 3.8) is 0 Å².